The maximum Gasteiger partial charge on any atom is 0.229 e. The first kappa shape index (κ1) is 17.5. The predicted molar refractivity (Wildman–Crippen MR) is 108 cm³/mol. The molecule has 1 aromatic heterocycles. The highest BCUT2D eigenvalue weighted by molar-refractivity contribution is 5.65. The number of ether oxygens (including phenoxy) is 1. The SMILES string of the molecule is Fc1ccc(Nc2nccc(Nc3ccccc3Oc3ccccc3)n2)cc1. The number of aromatic nitrogens is 2. The number of hydrogen-bond donors (Lipinski definition) is 2. The molecular weight excluding hydrogens is 355 g/mol. The van der Waals surface area contributed by atoms with E-state index in [1.165, 1.54) is 12.1 Å². The van der Waals surface area contributed by atoms with Gasteiger partial charge in [-0.2, -0.15) is 4.98 Å². The maximum absolute atomic E-state index is 13.0. The molecule has 138 valence electrons. The van der Waals surface area contributed by atoms with Gasteiger partial charge in [0.25, 0.3) is 0 Å². The van der Waals surface area contributed by atoms with Crippen LogP contribution < -0.4 is 15.4 Å². The lowest BCUT2D eigenvalue weighted by atomic mass is 10.3. The van der Waals surface area contributed by atoms with Gasteiger partial charge in [-0.15, -0.1) is 0 Å². The molecule has 2 N–H and O–H groups in total. The van der Waals surface area contributed by atoms with E-state index >= 15 is 0 Å². The minimum atomic E-state index is -0.295. The normalized spacial score (nSPS) is 10.3. The fourth-order valence-electron chi connectivity index (χ4n) is 2.56. The van der Waals surface area contributed by atoms with Gasteiger partial charge in [-0.1, -0.05) is 30.3 Å². The van der Waals surface area contributed by atoms with Crippen LogP contribution in [0.5, 0.6) is 11.5 Å². The molecular formula is C22H17FN4O. The summed E-state index contributed by atoms with van der Waals surface area (Å²) >= 11 is 0. The summed E-state index contributed by atoms with van der Waals surface area (Å²) < 4.78 is 19.0. The molecule has 5 nitrogen and oxygen atoms in total. The first-order valence-electron chi connectivity index (χ1n) is 8.71. The number of hydrogen-bond acceptors (Lipinski definition) is 5. The molecule has 1 heterocycles. The monoisotopic (exact) mass is 372 g/mol. The zero-order chi connectivity index (χ0) is 19.2. The second-order valence-electron chi connectivity index (χ2n) is 5.93. The molecule has 6 heteroatoms. The van der Waals surface area contributed by atoms with Crippen LogP contribution in [0.3, 0.4) is 0 Å². The first-order valence-corrected chi connectivity index (χ1v) is 8.71. The van der Waals surface area contributed by atoms with E-state index in [0.29, 0.717) is 23.2 Å². The lowest BCUT2D eigenvalue weighted by molar-refractivity contribution is 0.485. The molecule has 3 aromatic carbocycles. The van der Waals surface area contributed by atoms with Gasteiger partial charge < -0.3 is 15.4 Å². The minimum absolute atomic E-state index is 0.295. The molecule has 0 bridgehead atoms. The highest BCUT2D eigenvalue weighted by Gasteiger charge is 2.07. The number of para-hydroxylation sites is 3. The summed E-state index contributed by atoms with van der Waals surface area (Å²) in [7, 11) is 0. The van der Waals surface area contributed by atoms with Gasteiger partial charge in [0.15, 0.2) is 5.75 Å². The van der Waals surface area contributed by atoms with Gasteiger partial charge in [0.05, 0.1) is 5.69 Å². The number of rotatable bonds is 6. The van der Waals surface area contributed by atoms with E-state index in [4.69, 9.17) is 4.74 Å². The van der Waals surface area contributed by atoms with E-state index in [1.54, 1.807) is 24.4 Å². The van der Waals surface area contributed by atoms with Crippen LogP contribution in [-0.4, -0.2) is 9.97 Å². The van der Waals surface area contributed by atoms with Gasteiger partial charge in [0, 0.05) is 11.9 Å². The van der Waals surface area contributed by atoms with E-state index in [0.717, 1.165) is 11.4 Å². The van der Waals surface area contributed by atoms with Crippen molar-refractivity contribution < 1.29 is 9.13 Å². The summed E-state index contributed by atoms with van der Waals surface area (Å²) in [5.74, 6) is 2.14. The topological polar surface area (TPSA) is 59.1 Å². The van der Waals surface area contributed by atoms with Crippen molar-refractivity contribution in [2.24, 2.45) is 0 Å². The Hall–Kier alpha value is -3.93. The van der Waals surface area contributed by atoms with Crippen LogP contribution in [0.2, 0.25) is 0 Å². The lowest BCUT2D eigenvalue weighted by Crippen LogP contribution is -2.01. The molecule has 0 radical (unpaired) electrons. The van der Waals surface area contributed by atoms with Gasteiger partial charge in [-0.25, -0.2) is 9.37 Å². The molecule has 0 unspecified atom stereocenters. The standard InChI is InChI=1S/C22H17FN4O/c23-16-10-12-17(13-11-16)25-22-24-15-14-21(27-22)26-19-8-4-5-9-20(19)28-18-6-2-1-3-7-18/h1-15H,(H2,24,25,26,27). The summed E-state index contributed by atoms with van der Waals surface area (Å²) in [6, 6.07) is 25.0. The first-order chi connectivity index (χ1) is 13.8. The summed E-state index contributed by atoms with van der Waals surface area (Å²) in [6.07, 6.45) is 1.64. The summed E-state index contributed by atoms with van der Waals surface area (Å²) in [6.45, 7) is 0. The van der Waals surface area contributed by atoms with Crippen molar-refractivity contribution in [3.63, 3.8) is 0 Å². The zero-order valence-corrected chi connectivity index (χ0v) is 14.8. The Morgan fingerprint density at radius 2 is 1.50 bits per heavy atom. The van der Waals surface area contributed by atoms with Crippen LogP contribution in [0.25, 0.3) is 0 Å². The van der Waals surface area contributed by atoms with E-state index in [9.17, 15) is 4.39 Å². The Morgan fingerprint density at radius 3 is 2.32 bits per heavy atom. The van der Waals surface area contributed by atoms with Crippen molar-refractivity contribution >= 4 is 23.1 Å². The van der Waals surface area contributed by atoms with Gasteiger partial charge in [-0.3, -0.25) is 0 Å². The predicted octanol–water partition coefficient (Wildman–Crippen LogP) is 5.90. The molecule has 0 aliphatic rings. The van der Waals surface area contributed by atoms with E-state index < -0.39 is 0 Å². The molecule has 4 aromatic rings. The molecule has 0 aliphatic heterocycles. The third kappa shape index (κ3) is 4.42. The molecule has 0 spiro atoms. The fraction of sp³-hybridized carbons (Fsp3) is 0. The number of halogens is 1. The van der Waals surface area contributed by atoms with Crippen molar-refractivity contribution in [1.29, 1.82) is 0 Å². The molecule has 0 atom stereocenters. The van der Waals surface area contributed by atoms with Gasteiger partial charge in [0.2, 0.25) is 5.95 Å². The van der Waals surface area contributed by atoms with Crippen molar-refractivity contribution in [2.75, 3.05) is 10.6 Å². The van der Waals surface area contributed by atoms with Crippen molar-refractivity contribution in [3.8, 4) is 11.5 Å². The second kappa shape index (κ2) is 8.18. The molecule has 0 amide bonds. The van der Waals surface area contributed by atoms with Crippen LogP contribution in [0.15, 0.2) is 91.1 Å². The Kier molecular flexibility index (Phi) is 5.11. The Balaban J connectivity index is 1.52. The molecule has 0 saturated carbocycles. The number of anilines is 4. The summed E-state index contributed by atoms with van der Waals surface area (Å²) in [4.78, 5) is 8.65. The third-order valence-corrected chi connectivity index (χ3v) is 3.88. The smallest absolute Gasteiger partial charge is 0.229 e. The van der Waals surface area contributed by atoms with Crippen molar-refractivity contribution in [3.05, 3.63) is 96.9 Å². The van der Waals surface area contributed by atoms with Crippen LogP contribution in [0, 0.1) is 5.82 Å². The molecule has 4 rings (SSSR count). The van der Waals surface area contributed by atoms with Crippen LogP contribution in [-0.2, 0) is 0 Å². The van der Waals surface area contributed by atoms with Crippen molar-refractivity contribution in [1.82, 2.24) is 9.97 Å². The van der Waals surface area contributed by atoms with E-state index in [-0.39, 0.29) is 5.82 Å². The molecule has 0 fully saturated rings. The Morgan fingerprint density at radius 1 is 0.750 bits per heavy atom. The molecule has 28 heavy (non-hydrogen) atoms. The highest BCUT2D eigenvalue weighted by Crippen LogP contribution is 2.31. The largest absolute Gasteiger partial charge is 0.455 e. The van der Waals surface area contributed by atoms with Gasteiger partial charge in [-0.05, 0) is 54.6 Å². The maximum atomic E-state index is 13.0. The Labute approximate surface area is 161 Å². The number of nitrogens with one attached hydrogen (secondary N) is 2. The Bertz CT molecular complexity index is 1060. The van der Waals surface area contributed by atoms with Gasteiger partial charge >= 0.3 is 0 Å². The lowest BCUT2D eigenvalue weighted by Gasteiger charge is -2.13. The van der Waals surface area contributed by atoms with Crippen LogP contribution in [0.4, 0.5) is 27.5 Å². The summed E-state index contributed by atoms with van der Waals surface area (Å²) in [5.41, 5.74) is 1.48. The second-order valence-corrected chi connectivity index (χ2v) is 5.93. The van der Waals surface area contributed by atoms with Crippen LogP contribution >= 0.6 is 0 Å². The van der Waals surface area contributed by atoms with Crippen molar-refractivity contribution in [2.45, 2.75) is 0 Å². The quantitative estimate of drug-likeness (QED) is 0.442. The fourth-order valence-corrected chi connectivity index (χ4v) is 2.56. The third-order valence-electron chi connectivity index (χ3n) is 3.88. The minimum Gasteiger partial charge on any atom is -0.455 e. The average molecular weight is 372 g/mol. The average Bonchev–Trinajstić information content (AvgIpc) is 2.72. The zero-order valence-electron chi connectivity index (χ0n) is 14.8. The number of nitrogens with zero attached hydrogens (tertiary/aromatic N) is 2. The van der Waals surface area contributed by atoms with Crippen LogP contribution in [0.1, 0.15) is 0 Å². The molecule has 0 aliphatic carbocycles. The van der Waals surface area contributed by atoms with E-state index in [2.05, 4.69) is 20.6 Å². The van der Waals surface area contributed by atoms with Gasteiger partial charge in [0.1, 0.15) is 17.4 Å². The summed E-state index contributed by atoms with van der Waals surface area (Å²) in [5, 5.41) is 6.30. The molecule has 0 saturated heterocycles. The highest BCUT2D eigenvalue weighted by atomic mass is 19.1. The number of benzene rings is 3. The van der Waals surface area contributed by atoms with E-state index in [1.807, 2.05) is 54.6 Å².